The standard InChI is InChI=1S/Li.Ni.Ti.V.H. The molecule has 0 saturated heterocycles. The first kappa shape index (κ1) is 32.5. The molecule has 0 nitrogen and oxygen atoms in total. The Hall–Kier alpha value is 2.39. The van der Waals surface area contributed by atoms with Crippen molar-refractivity contribution in [2.75, 3.05) is 0 Å². The molecular weight excluding hydrogens is 164 g/mol. The molecule has 0 aromatic heterocycles. The molecule has 0 aliphatic carbocycles. The molecule has 0 bridgehead atoms. The average molecular weight is 165 g/mol. The minimum Gasteiger partial charge on any atom is 0 e. The van der Waals surface area contributed by atoms with Crippen molar-refractivity contribution in [2.24, 2.45) is 0 Å². The van der Waals surface area contributed by atoms with E-state index in [0.29, 0.717) is 0 Å². The fourth-order valence-corrected chi connectivity index (χ4v) is 0. The monoisotopic (exact) mass is 165 g/mol. The molecule has 0 heterocycles. The molecule has 0 saturated carbocycles. The number of hydrogen-bond donors (Lipinski definition) is 0. The molecule has 0 aliphatic rings. The van der Waals surface area contributed by atoms with Crippen molar-refractivity contribution in [3.05, 3.63) is 0 Å². The third-order valence-corrected chi connectivity index (χ3v) is 0. The summed E-state index contributed by atoms with van der Waals surface area (Å²) in [5.41, 5.74) is 0. The first-order valence-electron chi connectivity index (χ1n) is 0. The van der Waals surface area contributed by atoms with Crippen LogP contribution in [0.3, 0.4) is 0 Å². The molecule has 0 rings (SSSR count). The van der Waals surface area contributed by atoms with Crippen molar-refractivity contribution < 1.29 is 56.8 Å². The van der Waals surface area contributed by atoms with Crippen LogP contribution in [-0.2, 0) is 56.8 Å². The normalized spacial score (nSPS) is 0. The van der Waals surface area contributed by atoms with E-state index in [9.17, 15) is 0 Å². The fraction of sp³-hybridized carbons (Fsp3) is 0. The first-order chi connectivity index (χ1) is 0. The van der Waals surface area contributed by atoms with Crippen LogP contribution in [0.15, 0.2) is 0 Å². The van der Waals surface area contributed by atoms with Gasteiger partial charge in [-0.3, -0.25) is 0 Å². The van der Waals surface area contributed by atoms with Gasteiger partial charge in [-0.1, -0.05) is 0 Å². The Kier molecular flexibility index (Phi) is 148. The number of rotatable bonds is 0. The smallest absolute Gasteiger partial charge is 0 e. The molecule has 0 spiro atoms. The maximum Gasteiger partial charge on any atom is 0 e. The molecule has 4 heavy (non-hydrogen) atoms. The summed E-state index contributed by atoms with van der Waals surface area (Å²) in [5, 5.41) is 0. The summed E-state index contributed by atoms with van der Waals surface area (Å²) in [7, 11) is 0. The van der Waals surface area contributed by atoms with Gasteiger partial charge in [-0.25, -0.2) is 0 Å². The quantitative estimate of drug-likeness (QED) is 0.418. The maximum atomic E-state index is 0. The summed E-state index contributed by atoms with van der Waals surface area (Å²) in [6.07, 6.45) is 0. The Morgan fingerprint density at radius 2 is 1.00 bits per heavy atom. The van der Waals surface area contributed by atoms with Crippen molar-refractivity contribution in [2.45, 2.75) is 0 Å². The predicted molar refractivity (Wildman–Crippen MR) is 7.15 cm³/mol. The van der Waals surface area contributed by atoms with Gasteiger partial charge >= 0.3 is 18.9 Å². The zero-order chi connectivity index (χ0) is 0. The molecule has 0 aromatic rings. The molecule has 0 N–H and O–H groups in total. The first-order valence-corrected chi connectivity index (χ1v) is 0. The van der Waals surface area contributed by atoms with E-state index >= 15 is 0 Å². The molecule has 0 aliphatic heterocycles. The summed E-state index contributed by atoms with van der Waals surface area (Å²) in [4.78, 5) is 0. The second-order valence-corrected chi connectivity index (χ2v) is 0. The van der Waals surface area contributed by atoms with Gasteiger partial charge < -0.3 is 0 Å². The van der Waals surface area contributed by atoms with E-state index in [2.05, 4.69) is 0 Å². The van der Waals surface area contributed by atoms with Gasteiger partial charge in [-0.05, 0) is 0 Å². The van der Waals surface area contributed by atoms with E-state index in [-0.39, 0.29) is 75.6 Å². The Morgan fingerprint density at radius 1 is 1.00 bits per heavy atom. The van der Waals surface area contributed by atoms with E-state index < -0.39 is 0 Å². The van der Waals surface area contributed by atoms with Crippen molar-refractivity contribution >= 4 is 18.9 Å². The molecule has 0 fully saturated rings. The van der Waals surface area contributed by atoms with Crippen LogP contribution < -0.4 is 0 Å². The van der Waals surface area contributed by atoms with Gasteiger partial charge in [0.15, 0.2) is 0 Å². The van der Waals surface area contributed by atoms with E-state index in [1.165, 1.54) is 0 Å². The van der Waals surface area contributed by atoms with Crippen molar-refractivity contribution in [1.82, 2.24) is 0 Å². The SMILES string of the molecule is [LiH].[Ni].[Ti].[V]. The van der Waals surface area contributed by atoms with E-state index in [1.54, 1.807) is 0 Å². The van der Waals surface area contributed by atoms with Gasteiger partial charge in [0.1, 0.15) is 0 Å². The average Bonchev–Trinajstić information content (AvgIpc) is 0. The van der Waals surface area contributed by atoms with Crippen LogP contribution >= 0.6 is 0 Å². The summed E-state index contributed by atoms with van der Waals surface area (Å²) in [5.74, 6) is 0. The second kappa shape index (κ2) is 18.2. The number of hydrogen-bond acceptors (Lipinski definition) is 0. The largest absolute Gasteiger partial charge is 0 e. The summed E-state index contributed by atoms with van der Waals surface area (Å²) in [6.45, 7) is 0. The molecule has 1 radical (unpaired) electrons. The summed E-state index contributed by atoms with van der Waals surface area (Å²) < 4.78 is 0. The Bertz CT molecular complexity index is 8.00. The van der Waals surface area contributed by atoms with Crippen molar-refractivity contribution in [1.29, 1.82) is 0 Å². The molecule has 0 atom stereocenters. The molecule has 0 aromatic carbocycles. The predicted octanol–water partition coefficient (Wildman–Crippen LogP) is -0.656. The van der Waals surface area contributed by atoms with Gasteiger partial charge in [-0.2, -0.15) is 0 Å². The second-order valence-electron chi connectivity index (χ2n) is 0. The van der Waals surface area contributed by atoms with Gasteiger partial charge in [0.2, 0.25) is 0 Å². The van der Waals surface area contributed by atoms with Crippen LogP contribution in [-0.4, -0.2) is 18.9 Å². The van der Waals surface area contributed by atoms with Crippen LogP contribution in [0.1, 0.15) is 0 Å². The summed E-state index contributed by atoms with van der Waals surface area (Å²) in [6, 6.07) is 0. The third kappa shape index (κ3) is 8.83. The minimum absolute atomic E-state index is 0. The van der Waals surface area contributed by atoms with Crippen molar-refractivity contribution in [3.63, 3.8) is 0 Å². The van der Waals surface area contributed by atoms with Crippen LogP contribution in [0, 0.1) is 0 Å². The van der Waals surface area contributed by atoms with Gasteiger partial charge in [0.25, 0.3) is 0 Å². The molecule has 4 heteroatoms. The molecule has 0 amide bonds. The van der Waals surface area contributed by atoms with Crippen molar-refractivity contribution in [3.8, 4) is 0 Å². The van der Waals surface area contributed by atoms with Crippen LogP contribution in [0.5, 0.6) is 0 Å². The van der Waals surface area contributed by atoms with Gasteiger partial charge in [0.05, 0.1) is 0 Å². The van der Waals surface area contributed by atoms with Crippen LogP contribution in [0.25, 0.3) is 0 Å². The topological polar surface area (TPSA) is 0 Å². The Labute approximate surface area is 74.7 Å². The van der Waals surface area contributed by atoms with E-state index in [0.717, 1.165) is 0 Å². The van der Waals surface area contributed by atoms with Crippen LogP contribution in [0.2, 0.25) is 0 Å². The minimum atomic E-state index is 0. The van der Waals surface area contributed by atoms with E-state index in [1.807, 2.05) is 0 Å². The molecular formula is HLiNiTiV. The van der Waals surface area contributed by atoms with Gasteiger partial charge in [0, 0.05) is 56.8 Å². The zero-order valence-electron chi connectivity index (χ0n) is 1.26. The third-order valence-electron chi connectivity index (χ3n) is 0. The maximum absolute atomic E-state index is 0. The molecule has 21 valence electrons. The van der Waals surface area contributed by atoms with Crippen LogP contribution in [0.4, 0.5) is 0 Å². The summed E-state index contributed by atoms with van der Waals surface area (Å²) >= 11 is 0. The fourth-order valence-electron chi connectivity index (χ4n) is 0. The van der Waals surface area contributed by atoms with Gasteiger partial charge in [-0.15, -0.1) is 0 Å². The Balaban J connectivity index is 0. The molecule has 0 unspecified atom stereocenters. The van der Waals surface area contributed by atoms with E-state index in [4.69, 9.17) is 0 Å². The Morgan fingerprint density at radius 3 is 1.00 bits per heavy atom. The zero-order valence-corrected chi connectivity index (χ0v) is 5.21.